The molecule has 4 heterocycles. The number of hydrogen-bond donors (Lipinski definition) is 1. The maximum absolute atomic E-state index is 13.1. The minimum absolute atomic E-state index is 0.0891. The molecule has 0 radical (unpaired) electrons. The third-order valence-corrected chi connectivity index (χ3v) is 6.21. The van der Waals surface area contributed by atoms with E-state index in [-0.39, 0.29) is 11.9 Å². The second-order valence-electron chi connectivity index (χ2n) is 9.62. The van der Waals surface area contributed by atoms with Gasteiger partial charge in [-0.05, 0) is 69.7 Å². The van der Waals surface area contributed by atoms with Crippen LogP contribution in [0.15, 0.2) is 35.1 Å². The van der Waals surface area contributed by atoms with Gasteiger partial charge in [-0.3, -0.25) is 4.79 Å². The summed E-state index contributed by atoms with van der Waals surface area (Å²) in [6, 6.07) is 5.63. The number of furan rings is 1. The smallest absolute Gasteiger partial charge is 0.252 e. The van der Waals surface area contributed by atoms with E-state index in [1.165, 1.54) is 19.5 Å². The van der Waals surface area contributed by atoms with Gasteiger partial charge in [0, 0.05) is 25.7 Å². The molecule has 7 heteroatoms. The van der Waals surface area contributed by atoms with Gasteiger partial charge in [0.15, 0.2) is 11.4 Å². The number of amides is 1. The number of unbranched alkanes of at least 4 members (excludes halogenated alkanes) is 1. The van der Waals surface area contributed by atoms with Crippen LogP contribution in [0.3, 0.4) is 0 Å². The molecule has 2 atom stereocenters. The highest BCUT2D eigenvalue weighted by atomic mass is 16.3. The van der Waals surface area contributed by atoms with Crippen molar-refractivity contribution in [1.29, 1.82) is 0 Å². The molecule has 1 saturated heterocycles. The van der Waals surface area contributed by atoms with E-state index in [0.717, 1.165) is 36.6 Å². The summed E-state index contributed by atoms with van der Waals surface area (Å²) >= 11 is 0. The Morgan fingerprint density at radius 3 is 2.72 bits per heavy atom. The summed E-state index contributed by atoms with van der Waals surface area (Å²) < 4.78 is 7.38. The van der Waals surface area contributed by atoms with E-state index in [4.69, 9.17) is 9.40 Å². The van der Waals surface area contributed by atoms with Crippen molar-refractivity contribution in [3.63, 3.8) is 0 Å². The largest absolute Gasteiger partial charge is 0.463 e. The molecule has 1 amide bonds. The Bertz CT molecular complexity index is 1030. The first-order valence-corrected chi connectivity index (χ1v) is 11.8. The Hall–Kier alpha value is -2.67. The van der Waals surface area contributed by atoms with E-state index in [1.54, 1.807) is 18.5 Å². The molecule has 1 aliphatic heterocycles. The molecule has 0 spiro atoms. The number of aromatic nitrogens is 3. The number of carbonyl (C=O) groups excluding carboxylic acids is 1. The summed E-state index contributed by atoms with van der Waals surface area (Å²) in [5.74, 6) is 2.11. The van der Waals surface area contributed by atoms with Crippen LogP contribution in [0.4, 0.5) is 0 Å². The van der Waals surface area contributed by atoms with Gasteiger partial charge in [-0.25, -0.2) is 9.67 Å². The number of likely N-dealkylation sites (tertiary alicyclic amines) is 1. The molecule has 0 aromatic carbocycles. The van der Waals surface area contributed by atoms with E-state index < -0.39 is 0 Å². The van der Waals surface area contributed by atoms with Crippen molar-refractivity contribution < 1.29 is 9.21 Å². The summed E-state index contributed by atoms with van der Waals surface area (Å²) in [6.45, 7) is 13.0. The molecule has 1 aliphatic rings. The lowest BCUT2D eigenvalue weighted by Crippen LogP contribution is -2.39. The fraction of sp³-hybridized carbons (Fsp3) is 0.560. The molecule has 3 aromatic heterocycles. The van der Waals surface area contributed by atoms with E-state index in [2.05, 4.69) is 43.0 Å². The maximum Gasteiger partial charge on any atom is 0.252 e. The quantitative estimate of drug-likeness (QED) is 0.514. The molecule has 0 aliphatic carbocycles. The Labute approximate surface area is 190 Å². The predicted octanol–water partition coefficient (Wildman–Crippen LogP) is 4.76. The van der Waals surface area contributed by atoms with Crippen molar-refractivity contribution in [3.05, 3.63) is 36.2 Å². The van der Waals surface area contributed by atoms with Gasteiger partial charge in [0.05, 0.1) is 23.4 Å². The number of pyridine rings is 1. The number of rotatable bonds is 8. The molecule has 1 fully saturated rings. The number of fused-ring (bicyclic) bond motifs is 1. The first kappa shape index (κ1) is 22.5. The molecular weight excluding hydrogens is 402 g/mol. The Balaban J connectivity index is 1.41. The highest BCUT2D eigenvalue weighted by molar-refractivity contribution is 6.06. The Kier molecular flexibility index (Phi) is 6.94. The molecule has 4 rings (SSSR count). The van der Waals surface area contributed by atoms with Crippen LogP contribution in [-0.2, 0) is 0 Å². The zero-order valence-corrected chi connectivity index (χ0v) is 19.7. The van der Waals surface area contributed by atoms with E-state index in [1.807, 2.05) is 16.8 Å². The number of nitrogens with zero attached hydrogens (tertiary/aromatic N) is 4. The molecular formula is C25H35N5O2. The van der Waals surface area contributed by atoms with Crippen LogP contribution in [0.1, 0.15) is 63.4 Å². The third kappa shape index (κ3) is 5.04. The van der Waals surface area contributed by atoms with E-state index in [0.29, 0.717) is 29.2 Å². The first-order valence-electron chi connectivity index (χ1n) is 11.8. The number of nitrogens with one attached hydrogen (secondary N) is 1. The molecule has 7 nitrogen and oxygen atoms in total. The van der Waals surface area contributed by atoms with Gasteiger partial charge in [-0.1, -0.05) is 13.8 Å². The van der Waals surface area contributed by atoms with Gasteiger partial charge in [0.25, 0.3) is 5.91 Å². The standard InChI is InChI=1S/C25H35N5O2/c1-17(2)30-24-21(14-27-30)20(13-22(28-24)23-8-7-11-32-23)25(31)26-9-5-6-10-29-15-18(3)12-19(4)16-29/h7-8,11,13-14,17-19H,5-6,9-10,12,15-16H2,1-4H3,(H,26,31). The normalized spacial score (nSPS) is 19.7. The zero-order chi connectivity index (χ0) is 22.7. The number of hydrogen-bond acceptors (Lipinski definition) is 5. The van der Waals surface area contributed by atoms with Gasteiger partial charge < -0.3 is 14.6 Å². The van der Waals surface area contributed by atoms with Crippen molar-refractivity contribution in [1.82, 2.24) is 25.0 Å². The van der Waals surface area contributed by atoms with Gasteiger partial charge in [-0.15, -0.1) is 0 Å². The SMILES string of the molecule is CC1CC(C)CN(CCCCNC(=O)c2cc(-c3ccco3)nc3c2cnn3C(C)C)C1. The number of piperidine rings is 1. The maximum atomic E-state index is 13.1. The molecule has 2 unspecified atom stereocenters. The second-order valence-corrected chi connectivity index (χ2v) is 9.62. The lowest BCUT2D eigenvalue weighted by atomic mass is 9.92. The van der Waals surface area contributed by atoms with Crippen molar-refractivity contribution >= 4 is 16.9 Å². The zero-order valence-electron chi connectivity index (χ0n) is 19.7. The van der Waals surface area contributed by atoms with Crippen LogP contribution < -0.4 is 5.32 Å². The fourth-order valence-corrected chi connectivity index (χ4v) is 4.87. The van der Waals surface area contributed by atoms with Crippen LogP contribution in [0.2, 0.25) is 0 Å². The monoisotopic (exact) mass is 437 g/mol. The lowest BCUT2D eigenvalue weighted by Gasteiger charge is -2.34. The summed E-state index contributed by atoms with van der Waals surface area (Å²) in [7, 11) is 0. The molecule has 1 N–H and O–H groups in total. The highest BCUT2D eigenvalue weighted by Crippen LogP contribution is 2.26. The predicted molar refractivity (Wildman–Crippen MR) is 127 cm³/mol. The molecule has 172 valence electrons. The summed E-state index contributed by atoms with van der Waals surface area (Å²) in [4.78, 5) is 20.4. The number of carbonyl (C=O) groups is 1. The summed E-state index contributed by atoms with van der Waals surface area (Å²) in [6.07, 6.45) is 6.75. The minimum Gasteiger partial charge on any atom is -0.463 e. The van der Waals surface area contributed by atoms with Crippen molar-refractivity contribution in [2.75, 3.05) is 26.2 Å². The van der Waals surface area contributed by atoms with Crippen molar-refractivity contribution in [2.24, 2.45) is 11.8 Å². The van der Waals surface area contributed by atoms with Crippen LogP contribution >= 0.6 is 0 Å². The topological polar surface area (TPSA) is 76.2 Å². The summed E-state index contributed by atoms with van der Waals surface area (Å²) in [5.41, 5.74) is 1.93. The van der Waals surface area contributed by atoms with Crippen molar-refractivity contribution in [3.8, 4) is 11.5 Å². The van der Waals surface area contributed by atoms with Crippen LogP contribution in [-0.4, -0.2) is 51.8 Å². The first-order chi connectivity index (χ1) is 15.4. The van der Waals surface area contributed by atoms with Gasteiger partial charge in [-0.2, -0.15) is 5.10 Å². The molecule has 3 aromatic rings. The Morgan fingerprint density at radius 1 is 1.25 bits per heavy atom. The molecule has 0 saturated carbocycles. The van der Waals surface area contributed by atoms with Crippen LogP contribution in [0, 0.1) is 11.8 Å². The lowest BCUT2D eigenvalue weighted by molar-refractivity contribution is 0.0953. The molecule has 32 heavy (non-hydrogen) atoms. The van der Waals surface area contributed by atoms with E-state index >= 15 is 0 Å². The van der Waals surface area contributed by atoms with E-state index in [9.17, 15) is 4.79 Å². The Morgan fingerprint density at radius 2 is 2.03 bits per heavy atom. The molecule has 0 bridgehead atoms. The van der Waals surface area contributed by atoms with Gasteiger partial charge in [0.1, 0.15) is 5.69 Å². The third-order valence-electron chi connectivity index (χ3n) is 6.21. The van der Waals surface area contributed by atoms with Gasteiger partial charge in [0.2, 0.25) is 0 Å². The van der Waals surface area contributed by atoms with Gasteiger partial charge >= 0.3 is 0 Å². The highest BCUT2D eigenvalue weighted by Gasteiger charge is 2.21. The average Bonchev–Trinajstić information content (AvgIpc) is 3.42. The fourth-order valence-electron chi connectivity index (χ4n) is 4.87. The minimum atomic E-state index is -0.0891. The van der Waals surface area contributed by atoms with Crippen LogP contribution in [0.5, 0.6) is 0 Å². The van der Waals surface area contributed by atoms with Crippen molar-refractivity contribution in [2.45, 2.75) is 53.0 Å². The van der Waals surface area contributed by atoms with Crippen LogP contribution in [0.25, 0.3) is 22.5 Å². The second kappa shape index (κ2) is 9.86. The average molecular weight is 438 g/mol. The summed E-state index contributed by atoms with van der Waals surface area (Å²) in [5, 5.41) is 8.34.